The van der Waals surface area contributed by atoms with Gasteiger partial charge < -0.3 is 10.6 Å². The zero-order valence-electron chi connectivity index (χ0n) is 12.9. The van der Waals surface area contributed by atoms with Gasteiger partial charge in [0.1, 0.15) is 4.99 Å². The topological polar surface area (TPSA) is 29.3 Å². The maximum atomic E-state index is 5.67. The molecule has 0 spiro atoms. The lowest BCUT2D eigenvalue weighted by Crippen LogP contribution is -2.17. The molecule has 0 heterocycles. The largest absolute Gasteiger partial charge is 0.389 e. The minimum absolute atomic E-state index is 0.452. The SMILES string of the molecule is CCc1ccc(N(C)Cc2ccc(C(N)=S)cc2C)cc1. The summed E-state index contributed by atoms with van der Waals surface area (Å²) < 4.78 is 0. The van der Waals surface area contributed by atoms with Crippen LogP contribution in [-0.2, 0) is 13.0 Å². The van der Waals surface area contributed by atoms with Crippen molar-refractivity contribution in [1.29, 1.82) is 0 Å². The summed E-state index contributed by atoms with van der Waals surface area (Å²) in [6.07, 6.45) is 1.07. The molecule has 0 bridgehead atoms. The van der Waals surface area contributed by atoms with Crippen LogP contribution in [0.3, 0.4) is 0 Å². The maximum Gasteiger partial charge on any atom is 0.103 e. The van der Waals surface area contributed by atoms with Crippen LogP contribution in [0.2, 0.25) is 0 Å². The highest BCUT2D eigenvalue weighted by Crippen LogP contribution is 2.19. The van der Waals surface area contributed by atoms with E-state index in [1.807, 2.05) is 6.07 Å². The Kier molecular flexibility index (Phi) is 4.97. The van der Waals surface area contributed by atoms with Gasteiger partial charge in [0.05, 0.1) is 0 Å². The average Bonchev–Trinajstić information content (AvgIpc) is 2.49. The summed E-state index contributed by atoms with van der Waals surface area (Å²) in [4.78, 5) is 2.70. The second-order valence-electron chi connectivity index (χ2n) is 5.38. The van der Waals surface area contributed by atoms with Crippen molar-refractivity contribution in [2.24, 2.45) is 5.73 Å². The van der Waals surface area contributed by atoms with Crippen molar-refractivity contribution in [2.45, 2.75) is 26.8 Å². The number of benzene rings is 2. The molecule has 0 aliphatic heterocycles. The monoisotopic (exact) mass is 298 g/mol. The fourth-order valence-electron chi connectivity index (χ4n) is 2.36. The minimum atomic E-state index is 0.452. The molecular formula is C18H22N2S. The summed E-state index contributed by atoms with van der Waals surface area (Å²) in [5.74, 6) is 0. The summed E-state index contributed by atoms with van der Waals surface area (Å²) >= 11 is 5.02. The molecule has 0 amide bonds. The number of thiocarbonyl (C=S) groups is 1. The van der Waals surface area contributed by atoms with Gasteiger partial charge in [-0.25, -0.2) is 0 Å². The Morgan fingerprint density at radius 2 is 1.81 bits per heavy atom. The first-order chi connectivity index (χ1) is 10.0. The van der Waals surface area contributed by atoms with E-state index in [-0.39, 0.29) is 0 Å². The van der Waals surface area contributed by atoms with Gasteiger partial charge in [0.25, 0.3) is 0 Å². The molecule has 0 fully saturated rings. The van der Waals surface area contributed by atoms with Crippen molar-refractivity contribution >= 4 is 22.9 Å². The number of nitrogens with zero attached hydrogens (tertiary/aromatic N) is 1. The number of anilines is 1. The van der Waals surface area contributed by atoms with Gasteiger partial charge in [0, 0.05) is 24.8 Å². The van der Waals surface area contributed by atoms with Crippen LogP contribution >= 0.6 is 12.2 Å². The van der Waals surface area contributed by atoms with E-state index in [9.17, 15) is 0 Å². The Hall–Kier alpha value is -1.87. The minimum Gasteiger partial charge on any atom is -0.389 e. The molecule has 110 valence electrons. The van der Waals surface area contributed by atoms with E-state index < -0.39 is 0 Å². The molecule has 2 N–H and O–H groups in total. The lowest BCUT2D eigenvalue weighted by Gasteiger charge is -2.21. The Morgan fingerprint density at radius 3 is 2.33 bits per heavy atom. The molecule has 0 saturated heterocycles. The Labute approximate surface area is 132 Å². The van der Waals surface area contributed by atoms with Crippen molar-refractivity contribution in [3.05, 3.63) is 64.7 Å². The lowest BCUT2D eigenvalue weighted by molar-refractivity contribution is 0.913. The molecule has 3 heteroatoms. The molecule has 2 nitrogen and oxygen atoms in total. The molecule has 2 aromatic rings. The highest BCUT2D eigenvalue weighted by atomic mass is 32.1. The Balaban J connectivity index is 2.14. The van der Waals surface area contributed by atoms with E-state index in [1.165, 1.54) is 22.4 Å². The first-order valence-corrected chi connectivity index (χ1v) is 7.61. The van der Waals surface area contributed by atoms with Crippen molar-refractivity contribution < 1.29 is 0 Å². The van der Waals surface area contributed by atoms with Crippen LogP contribution < -0.4 is 10.6 Å². The van der Waals surface area contributed by atoms with Gasteiger partial charge in [-0.3, -0.25) is 0 Å². The number of aryl methyl sites for hydroxylation is 2. The van der Waals surface area contributed by atoms with E-state index in [2.05, 4.69) is 62.2 Å². The van der Waals surface area contributed by atoms with Gasteiger partial charge in [-0.05, 0) is 48.2 Å². The summed E-state index contributed by atoms with van der Waals surface area (Å²) in [5, 5.41) is 0. The lowest BCUT2D eigenvalue weighted by atomic mass is 10.0. The van der Waals surface area contributed by atoms with Gasteiger partial charge in [-0.2, -0.15) is 0 Å². The van der Waals surface area contributed by atoms with Crippen molar-refractivity contribution in [3.8, 4) is 0 Å². The number of hydrogen-bond acceptors (Lipinski definition) is 2. The summed E-state index contributed by atoms with van der Waals surface area (Å²) in [6.45, 7) is 5.14. The van der Waals surface area contributed by atoms with Crippen LogP contribution in [0.15, 0.2) is 42.5 Å². The smallest absolute Gasteiger partial charge is 0.103 e. The summed E-state index contributed by atoms with van der Waals surface area (Å²) in [6, 6.07) is 14.9. The second kappa shape index (κ2) is 6.72. The molecule has 0 atom stereocenters. The highest BCUT2D eigenvalue weighted by Gasteiger charge is 2.06. The molecule has 0 unspecified atom stereocenters. The second-order valence-corrected chi connectivity index (χ2v) is 5.82. The standard InChI is InChI=1S/C18H22N2S/c1-4-14-5-9-17(10-6-14)20(3)12-16-8-7-15(18(19)21)11-13(16)2/h5-11H,4,12H2,1-3H3,(H2,19,21). The third-order valence-electron chi connectivity index (χ3n) is 3.82. The average molecular weight is 298 g/mol. The Bertz CT molecular complexity index is 632. The molecule has 2 rings (SSSR count). The molecule has 0 aliphatic carbocycles. The number of hydrogen-bond donors (Lipinski definition) is 1. The van der Waals surface area contributed by atoms with E-state index >= 15 is 0 Å². The van der Waals surface area contributed by atoms with Gasteiger partial charge in [0.2, 0.25) is 0 Å². The van der Waals surface area contributed by atoms with Crippen LogP contribution in [0.5, 0.6) is 0 Å². The quantitative estimate of drug-likeness (QED) is 0.851. The normalized spacial score (nSPS) is 10.4. The van der Waals surface area contributed by atoms with Gasteiger partial charge in [0.15, 0.2) is 0 Å². The molecule has 21 heavy (non-hydrogen) atoms. The summed E-state index contributed by atoms with van der Waals surface area (Å²) in [5.41, 5.74) is 11.7. The first kappa shape index (κ1) is 15.5. The maximum absolute atomic E-state index is 5.67. The predicted molar refractivity (Wildman–Crippen MR) is 95.0 cm³/mol. The van der Waals surface area contributed by atoms with E-state index in [0.717, 1.165) is 18.5 Å². The van der Waals surface area contributed by atoms with E-state index in [0.29, 0.717) is 4.99 Å². The van der Waals surface area contributed by atoms with Crippen LogP contribution in [0.25, 0.3) is 0 Å². The molecule has 0 radical (unpaired) electrons. The molecule has 0 aliphatic rings. The van der Waals surface area contributed by atoms with Crippen LogP contribution in [-0.4, -0.2) is 12.0 Å². The fourth-order valence-corrected chi connectivity index (χ4v) is 2.49. The van der Waals surface area contributed by atoms with Gasteiger partial charge >= 0.3 is 0 Å². The molecular weight excluding hydrogens is 276 g/mol. The predicted octanol–water partition coefficient (Wildman–Crippen LogP) is 3.83. The van der Waals surface area contributed by atoms with Gasteiger partial charge in [-0.1, -0.05) is 43.4 Å². The van der Waals surface area contributed by atoms with E-state index in [4.69, 9.17) is 18.0 Å². The zero-order valence-corrected chi connectivity index (χ0v) is 13.7. The Morgan fingerprint density at radius 1 is 1.14 bits per heavy atom. The number of rotatable bonds is 5. The summed E-state index contributed by atoms with van der Waals surface area (Å²) in [7, 11) is 2.11. The van der Waals surface area contributed by atoms with Gasteiger partial charge in [-0.15, -0.1) is 0 Å². The molecule has 0 aromatic heterocycles. The first-order valence-electron chi connectivity index (χ1n) is 7.20. The van der Waals surface area contributed by atoms with E-state index in [1.54, 1.807) is 0 Å². The third-order valence-corrected chi connectivity index (χ3v) is 4.06. The van der Waals surface area contributed by atoms with Crippen LogP contribution in [0.4, 0.5) is 5.69 Å². The molecule has 0 saturated carbocycles. The fraction of sp³-hybridized carbons (Fsp3) is 0.278. The van der Waals surface area contributed by atoms with Crippen molar-refractivity contribution in [1.82, 2.24) is 0 Å². The zero-order chi connectivity index (χ0) is 15.4. The highest BCUT2D eigenvalue weighted by molar-refractivity contribution is 7.80. The third kappa shape index (κ3) is 3.82. The van der Waals surface area contributed by atoms with Crippen LogP contribution in [0.1, 0.15) is 29.2 Å². The molecule has 2 aromatic carbocycles. The van der Waals surface area contributed by atoms with Crippen molar-refractivity contribution in [2.75, 3.05) is 11.9 Å². The number of nitrogens with two attached hydrogens (primary N) is 1. The van der Waals surface area contributed by atoms with Crippen LogP contribution in [0, 0.1) is 6.92 Å². The van der Waals surface area contributed by atoms with Crippen molar-refractivity contribution in [3.63, 3.8) is 0 Å².